The molecule has 2 fully saturated rings. The monoisotopic (exact) mass is 259 g/mol. The van der Waals surface area contributed by atoms with Crippen molar-refractivity contribution in [2.24, 2.45) is 17.8 Å². The maximum Gasteiger partial charge on any atom is 0.330 e. The normalized spacial score (nSPS) is 29.4. The summed E-state index contributed by atoms with van der Waals surface area (Å²) in [6.07, 6.45) is 3.11. The zero-order valence-electron chi connectivity index (χ0n) is 10.6. The van der Waals surface area contributed by atoms with Gasteiger partial charge in [-0.3, -0.25) is 4.79 Å². The van der Waals surface area contributed by atoms with E-state index in [-0.39, 0.29) is 11.8 Å². The highest BCUT2D eigenvalue weighted by molar-refractivity contribution is 5.86. The van der Waals surface area contributed by atoms with Gasteiger partial charge in [0, 0.05) is 5.92 Å². The smallest absolute Gasteiger partial charge is 0.330 e. The number of fused-ring (bicyclic) bond motifs is 1. The lowest BCUT2D eigenvalue weighted by Gasteiger charge is -2.18. The van der Waals surface area contributed by atoms with Crippen molar-refractivity contribution in [3.05, 3.63) is 35.9 Å². The number of hydrogen-bond acceptors (Lipinski definition) is 2. The third-order valence-corrected chi connectivity index (χ3v) is 4.28. The maximum absolute atomic E-state index is 12.1. The van der Waals surface area contributed by atoms with E-state index in [4.69, 9.17) is 0 Å². The first kappa shape index (κ1) is 12.2. The average Bonchev–Trinajstić information content (AvgIpc) is 3.03. The molecular formula is C15H17NO3. The molecule has 1 aromatic carbocycles. The molecule has 0 bridgehead atoms. The summed E-state index contributed by atoms with van der Waals surface area (Å²) in [5.41, 5.74) is 0.617. The highest BCUT2D eigenvalue weighted by atomic mass is 16.4. The second-order valence-electron chi connectivity index (χ2n) is 5.61. The van der Waals surface area contributed by atoms with Crippen LogP contribution in [0.5, 0.6) is 0 Å². The molecule has 2 N–H and O–H groups in total. The van der Waals surface area contributed by atoms with Gasteiger partial charge in [-0.15, -0.1) is 0 Å². The molecule has 0 radical (unpaired) electrons. The fourth-order valence-corrected chi connectivity index (χ4v) is 3.12. The van der Waals surface area contributed by atoms with Crippen LogP contribution in [-0.4, -0.2) is 17.0 Å². The Kier molecular flexibility index (Phi) is 3.01. The fourth-order valence-electron chi connectivity index (χ4n) is 3.12. The number of carbonyl (C=O) groups excluding carboxylic acids is 1. The molecule has 0 spiro atoms. The summed E-state index contributed by atoms with van der Waals surface area (Å²) in [4.78, 5) is 23.4. The maximum atomic E-state index is 12.1. The molecule has 0 aliphatic heterocycles. The Morgan fingerprint density at radius 1 is 1.11 bits per heavy atom. The van der Waals surface area contributed by atoms with Crippen molar-refractivity contribution < 1.29 is 14.7 Å². The van der Waals surface area contributed by atoms with Gasteiger partial charge >= 0.3 is 5.97 Å². The van der Waals surface area contributed by atoms with Gasteiger partial charge in [0.05, 0.1) is 0 Å². The van der Waals surface area contributed by atoms with Gasteiger partial charge in [-0.25, -0.2) is 4.79 Å². The first-order chi connectivity index (χ1) is 9.15. The van der Waals surface area contributed by atoms with Crippen LogP contribution in [0.15, 0.2) is 30.3 Å². The molecule has 1 amide bonds. The molecule has 2 aliphatic rings. The third-order valence-electron chi connectivity index (χ3n) is 4.28. The van der Waals surface area contributed by atoms with Crippen LogP contribution in [0.3, 0.4) is 0 Å². The molecule has 19 heavy (non-hydrogen) atoms. The van der Waals surface area contributed by atoms with Crippen LogP contribution in [-0.2, 0) is 9.59 Å². The fraction of sp³-hybridized carbons (Fsp3) is 0.467. The van der Waals surface area contributed by atoms with E-state index in [1.54, 1.807) is 24.3 Å². The Labute approximate surface area is 111 Å². The summed E-state index contributed by atoms with van der Waals surface area (Å²) >= 11 is 0. The molecule has 2 saturated carbocycles. The van der Waals surface area contributed by atoms with E-state index in [9.17, 15) is 14.7 Å². The summed E-state index contributed by atoms with van der Waals surface area (Å²) < 4.78 is 0. The van der Waals surface area contributed by atoms with E-state index < -0.39 is 12.0 Å². The summed E-state index contributed by atoms with van der Waals surface area (Å²) in [6.45, 7) is 0. The molecular weight excluding hydrogens is 242 g/mol. The average molecular weight is 259 g/mol. The molecule has 0 aromatic heterocycles. The molecule has 4 heteroatoms. The van der Waals surface area contributed by atoms with Gasteiger partial charge in [-0.05, 0) is 36.7 Å². The minimum absolute atomic E-state index is 0.00862. The standard InChI is InChI=1S/C15H17NO3/c17-14(12-7-10-6-11(10)8-12)16-13(15(18)19)9-4-2-1-3-5-9/h1-5,10-13H,6-8H2,(H,16,17)(H,18,19). The number of rotatable bonds is 4. The van der Waals surface area contributed by atoms with Gasteiger partial charge in [0.15, 0.2) is 6.04 Å². The van der Waals surface area contributed by atoms with Crippen LogP contribution in [0.4, 0.5) is 0 Å². The van der Waals surface area contributed by atoms with Crippen molar-refractivity contribution in [3.63, 3.8) is 0 Å². The van der Waals surface area contributed by atoms with E-state index >= 15 is 0 Å². The van der Waals surface area contributed by atoms with E-state index in [1.807, 2.05) is 6.07 Å². The van der Waals surface area contributed by atoms with Gasteiger partial charge in [0.2, 0.25) is 5.91 Å². The molecule has 100 valence electrons. The summed E-state index contributed by atoms with van der Waals surface area (Å²) in [5.74, 6) is 0.326. The predicted octanol–water partition coefficient (Wildman–Crippen LogP) is 1.97. The number of amides is 1. The van der Waals surface area contributed by atoms with Crippen LogP contribution in [0.2, 0.25) is 0 Å². The largest absolute Gasteiger partial charge is 0.479 e. The zero-order chi connectivity index (χ0) is 13.4. The van der Waals surface area contributed by atoms with E-state index in [2.05, 4.69) is 5.32 Å². The van der Waals surface area contributed by atoms with Crippen LogP contribution < -0.4 is 5.32 Å². The van der Waals surface area contributed by atoms with Gasteiger partial charge < -0.3 is 10.4 Å². The lowest BCUT2D eigenvalue weighted by Crippen LogP contribution is -2.37. The quantitative estimate of drug-likeness (QED) is 0.868. The molecule has 3 unspecified atom stereocenters. The number of benzene rings is 1. The Balaban J connectivity index is 1.68. The number of aliphatic carboxylic acids is 1. The third kappa shape index (κ3) is 2.48. The number of hydrogen-bond donors (Lipinski definition) is 2. The second-order valence-corrected chi connectivity index (χ2v) is 5.61. The predicted molar refractivity (Wildman–Crippen MR) is 69.3 cm³/mol. The first-order valence-corrected chi connectivity index (χ1v) is 6.73. The minimum Gasteiger partial charge on any atom is -0.479 e. The Hall–Kier alpha value is -1.84. The number of nitrogens with one attached hydrogen (secondary N) is 1. The lowest BCUT2D eigenvalue weighted by molar-refractivity contribution is -0.142. The summed E-state index contributed by atoms with van der Waals surface area (Å²) in [7, 11) is 0. The topological polar surface area (TPSA) is 66.4 Å². The van der Waals surface area contributed by atoms with Crippen LogP contribution in [0.1, 0.15) is 30.9 Å². The van der Waals surface area contributed by atoms with Crippen molar-refractivity contribution in [1.29, 1.82) is 0 Å². The zero-order valence-corrected chi connectivity index (χ0v) is 10.6. The van der Waals surface area contributed by atoms with Gasteiger partial charge in [0.1, 0.15) is 0 Å². The molecule has 1 aromatic rings. The van der Waals surface area contributed by atoms with E-state index in [0.29, 0.717) is 5.56 Å². The Morgan fingerprint density at radius 3 is 2.32 bits per heavy atom. The van der Waals surface area contributed by atoms with Crippen molar-refractivity contribution in [2.45, 2.75) is 25.3 Å². The van der Waals surface area contributed by atoms with Crippen molar-refractivity contribution in [1.82, 2.24) is 5.32 Å². The van der Waals surface area contributed by atoms with Crippen molar-refractivity contribution in [3.8, 4) is 0 Å². The van der Waals surface area contributed by atoms with Crippen LogP contribution >= 0.6 is 0 Å². The molecule has 4 nitrogen and oxygen atoms in total. The molecule has 2 aliphatic carbocycles. The summed E-state index contributed by atoms with van der Waals surface area (Å²) in [5, 5.41) is 11.9. The molecule has 0 saturated heterocycles. The van der Waals surface area contributed by atoms with Crippen LogP contribution in [0.25, 0.3) is 0 Å². The summed E-state index contributed by atoms with van der Waals surface area (Å²) in [6, 6.07) is 7.90. The number of carbonyl (C=O) groups is 2. The Morgan fingerprint density at radius 2 is 1.74 bits per heavy atom. The van der Waals surface area contributed by atoms with Gasteiger partial charge in [-0.1, -0.05) is 30.3 Å². The van der Waals surface area contributed by atoms with Crippen LogP contribution in [0, 0.1) is 17.8 Å². The SMILES string of the molecule is O=C(NC(C(=O)O)c1ccccc1)C1CC2CC2C1. The molecule has 3 atom stereocenters. The highest BCUT2D eigenvalue weighted by Crippen LogP contribution is 2.54. The lowest BCUT2D eigenvalue weighted by atomic mass is 10.0. The van der Waals surface area contributed by atoms with Gasteiger partial charge in [0.25, 0.3) is 0 Å². The molecule has 0 heterocycles. The molecule has 3 rings (SSSR count). The van der Waals surface area contributed by atoms with E-state index in [1.165, 1.54) is 6.42 Å². The number of carboxylic acid groups (broad SMARTS) is 1. The second kappa shape index (κ2) is 4.68. The number of carboxylic acids is 1. The minimum atomic E-state index is -1.01. The van der Waals surface area contributed by atoms with E-state index in [0.717, 1.165) is 24.7 Å². The van der Waals surface area contributed by atoms with Crippen molar-refractivity contribution in [2.75, 3.05) is 0 Å². The van der Waals surface area contributed by atoms with Crippen molar-refractivity contribution >= 4 is 11.9 Å². The Bertz CT molecular complexity index is 489. The van der Waals surface area contributed by atoms with Gasteiger partial charge in [-0.2, -0.15) is 0 Å². The highest BCUT2D eigenvalue weighted by Gasteiger charge is 2.48. The first-order valence-electron chi connectivity index (χ1n) is 6.73.